The van der Waals surface area contributed by atoms with Gasteiger partial charge in [0.1, 0.15) is 23.6 Å². The van der Waals surface area contributed by atoms with E-state index in [4.69, 9.17) is 18.9 Å². The van der Waals surface area contributed by atoms with Gasteiger partial charge in [0, 0.05) is 50.3 Å². The summed E-state index contributed by atoms with van der Waals surface area (Å²) in [4.78, 5) is 11.2. The number of guanidine groups is 1. The molecule has 0 saturated heterocycles. The zero-order valence-electron chi connectivity index (χ0n) is 19.3. The number of aromatic nitrogens is 1. The Kier molecular flexibility index (Phi) is 10.4. The monoisotopic (exact) mass is 568 g/mol. The molecule has 0 spiro atoms. The first-order chi connectivity index (χ1) is 15.5. The molecule has 33 heavy (non-hydrogen) atoms. The van der Waals surface area contributed by atoms with E-state index in [2.05, 4.69) is 10.3 Å². The Morgan fingerprint density at radius 3 is 2.58 bits per heavy atom. The highest BCUT2D eigenvalue weighted by molar-refractivity contribution is 14.0. The van der Waals surface area contributed by atoms with Gasteiger partial charge in [0.15, 0.2) is 5.96 Å². The van der Waals surface area contributed by atoms with E-state index in [-0.39, 0.29) is 29.8 Å². The Balaban J connectivity index is 0.00000385. The lowest BCUT2D eigenvalue weighted by Crippen LogP contribution is -2.38. The SMILES string of the molecule is CCNC(=NCCc1coc(-c2ccc(F)cc2)n1)N(C)Cc1ccc(OC)cc1OC.I. The van der Waals surface area contributed by atoms with Gasteiger partial charge in [0.05, 0.1) is 19.9 Å². The average molecular weight is 568 g/mol. The summed E-state index contributed by atoms with van der Waals surface area (Å²) < 4.78 is 29.4. The van der Waals surface area contributed by atoms with Crippen molar-refractivity contribution in [2.45, 2.75) is 19.9 Å². The van der Waals surface area contributed by atoms with Crippen molar-refractivity contribution in [3.8, 4) is 23.0 Å². The Labute approximate surface area is 211 Å². The highest BCUT2D eigenvalue weighted by Gasteiger charge is 2.12. The van der Waals surface area contributed by atoms with Crippen LogP contribution in [0.3, 0.4) is 0 Å². The minimum absolute atomic E-state index is 0. The summed E-state index contributed by atoms with van der Waals surface area (Å²) in [6, 6.07) is 11.9. The Morgan fingerprint density at radius 1 is 1.15 bits per heavy atom. The van der Waals surface area contributed by atoms with E-state index in [1.807, 2.05) is 37.1 Å². The molecule has 0 aliphatic carbocycles. The second-order valence-corrected chi connectivity index (χ2v) is 7.17. The fourth-order valence-corrected chi connectivity index (χ4v) is 3.21. The molecular weight excluding hydrogens is 538 g/mol. The van der Waals surface area contributed by atoms with Gasteiger partial charge in [-0.25, -0.2) is 9.37 Å². The third-order valence-electron chi connectivity index (χ3n) is 4.87. The Morgan fingerprint density at radius 2 is 1.91 bits per heavy atom. The van der Waals surface area contributed by atoms with Gasteiger partial charge in [-0.1, -0.05) is 0 Å². The lowest BCUT2D eigenvalue weighted by atomic mass is 10.2. The van der Waals surface area contributed by atoms with E-state index < -0.39 is 0 Å². The van der Waals surface area contributed by atoms with Crippen molar-refractivity contribution in [3.05, 3.63) is 65.8 Å². The Bertz CT molecular complexity index is 1040. The third-order valence-corrected chi connectivity index (χ3v) is 4.87. The summed E-state index contributed by atoms with van der Waals surface area (Å²) in [6.07, 6.45) is 2.24. The maximum Gasteiger partial charge on any atom is 0.226 e. The van der Waals surface area contributed by atoms with E-state index in [9.17, 15) is 4.39 Å². The zero-order chi connectivity index (χ0) is 22.9. The molecule has 1 aromatic heterocycles. The van der Waals surface area contributed by atoms with Crippen LogP contribution in [0.5, 0.6) is 11.5 Å². The van der Waals surface area contributed by atoms with E-state index >= 15 is 0 Å². The number of hydrogen-bond donors (Lipinski definition) is 1. The molecule has 178 valence electrons. The predicted molar refractivity (Wildman–Crippen MR) is 138 cm³/mol. The van der Waals surface area contributed by atoms with E-state index in [0.29, 0.717) is 25.4 Å². The van der Waals surface area contributed by atoms with Gasteiger partial charge >= 0.3 is 0 Å². The van der Waals surface area contributed by atoms with Crippen molar-refractivity contribution in [3.63, 3.8) is 0 Å². The van der Waals surface area contributed by atoms with Crippen LogP contribution in [-0.2, 0) is 13.0 Å². The summed E-state index contributed by atoms with van der Waals surface area (Å²) in [5.41, 5.74) is 2.56. The molecule has 0 aliphatic rings. The molecule has 0 unspecified atom stereocenters. The number of methoxy groups -OCH3 is 2. The van der Waals surface area contributed by atoms with Crippen molar-refractivity contribution in [2.75, 3.05) is 34.4 Å². The molecule has 1 heterocycles. The maximum atomic E-state index is 13.1. The van der Waals surface area contributed by atoms with Crippen LogP contribution in [0, 0.1) is 5.82 Å². The molecule has 0 atom stereocenters. The zero-order valence-corrected chi connectivity index (χ0v) is 21.6. The Hall–Kier alpha value is -2.82. The fourth-order valence-electron chi connectivity index (χ4n) is 3.21. The molecule has 0 fully saturated rings. The smallest absolute Gasteiger partial charge is 0.226 e. The molecule has 9 heteroatoms. The second-order valence-electron chi connectivity index (χ2n) is 7.17. The van der Waals surface area contributed by atoms with Crippen molar-refractivity contribution in [2.24, 2.45) is 4.99 Å². The molecule has 7 nitrogen and oxygen atoms in total. The first-order valence-corrected chi connectivity index (χ1v) is 10.4. The van der Waals surface area contributed by atoms with Crippen LogP contribution in [-0.4, -0.2) is 50.2 Å². The summed E-state index contributed by atoms with van der Waals surface area (Å²) >= 11 is 0. The molecule has 0 amide bonds. The average Bonchev–Trinajstić information content (AvgIpc) is 3.28. The number of ether oxygens (including phenoxy) is 2. The normalized spacial score (nSPS) is 11.0. The first kappa shape index (κ1) is 26.4. The minimum atomic E-state index is -0.290. The number of hydrogen-bond acceptors (Lipinski definition) is 5. The van der Waals surface area contributed by atoms with Gasteiger partial charge in [-0.05, 0) is 43.3 Å². The molecule has 3 rings (SSSR count). The fraction of sp³-hybridized carbons (Fsp3) is 0.333. The largest absolute Gasteiger partial charge is 0.497 e. The van der Waals surface area contributed by atoms with Crippen LogP contribution in [0.4, 0.5) is 4.39 Å². The topological polar surface area (TPSA) is 72.1 Å². The number of rotatable bonds is 9. The van der Waals surface area contributed by atoms with Crippen LogP contribution >= 0.6 is 24.0 Å². The number of nitrogens with zero attached hydrogens (tertiary/aromatic N) is 3. The molecule has 0 aliphatic heterocycles. The highest BCUT2D eigenvalue weighted by atomic mass is 127. The summed E-state index contributed by atoms with van der Waals surface area (Å²) in [6.45, 7) is 3.95. The van der Waals surface area contributed by atoms with Crippen LogP contribution in [0.2, 0.25) is 0 Å². The lowest BCUT2D eigenvalue weighted by molar-refractivity contribution is 0.382. The van der Waals surface area contributed by atoms with E-state index in [0.717, 1.165) is 40.8 Å². The third kappa shape index (κ3) is 7.34. The van der Waals surface area contributed by atoms with E-state index in [1.54, 1.807) is 32.6 Å². The van der Waals surface area contributed by atoms with Crippen molar-refractivity contribution in [1.82, 2.24) is 15.2 Å². The molecule has 0 saturated carbocycles. The van der Waals surface area contributed by atoms with Crippen LogP contribution in [0.1, 0.15) is 18.2 Å². The molecule has 2 aromatic carbocycles. The van der Waals surface area contributed by atoms with Gasteiger partial charge in [0.25, 0.3) is 0 Å². The number of aliphatic imine (C=N–C) groups is 1. The molecule has 1 N–H and O–H groups in total. The first-order valence-electron chi connectivity index (χ1n) is 10.4. The van der Waals surface area contributed by atoms with Gasteiger partial charge in [-0.2, -0.15) is 0 Å². The van der Waals surface area contributed by atoms with Crippen molar-refractivity contribution in [1.29, 1.82) is 0 Å². The van der Waals surface area contributed by atoms with Gasteiger partial charge in [0.2, 0.25) is 5.89 Å². The van der Waals surface area contributed by atoms with Gasteiger partial charge < -0.3 is 24.1 Å². The van der Waals surface area contributed by atoms with Crippen LogP contribution in [0.25, 0.3) is 11.5 Å². The van der Waals surface area contributed by atoms with Crippen molar-refractivity contribution >= 4 is 29.9 Å². The highest BCUT2D eigenvalue weighted by Crippen LogP contribution is 2.25. The quantitative estimate of drug-likeness (QED) is 0.228. The van der Waals surface area contributed by atoms with Crippen molar-refractivity contribution < 1.29 is 18.3 Å². The summed E-state index contributed by atoms with van der Waals surface area (Å²) in [5.74, 6) is 2.49. The molecule has 3 aromatic rings. The van der Waals surface area contributed by atoms with Gasteiger partial charge in [-0.3, -0.25) is 4.99 Å². The number of benzene rings is 2. The number of nitrogens with one attached hydrogen (secondary N) is 1. The minimum Gasteiger partial charge on any atom is -0.497 e. The second kappa shape index (κ2) is 13.0. The van der Waals surface area contributed by atoms with Crippen LogP contribution in [0.15, 0.2) is 58.1 Å². The molecule has 0 radical (unpaired) electrons. The lowest BCUT2D eigenvalue weighted by Gasteiger charge is -2.23. The molecular formula is C24H30FIN4O3. The van der Waals surface area contributed by atoms with Gasteiger partial charge in [-0.15, -0.1) is 24.0 Å². The number of halogens is 2. The standard InChI is InChI=1S/C24H29FN4O3.HI/c1-5-26-24(29(2)15-18-8-11-21(30-3)14-22(18)31-4)27-13-12-20-16-32-23(28-20)17-6-9-19(25)10-7-17;/h6-11,14,16H,5,12-13,15H2,1-4H3,(H,26,27);1H. The molecule has 0 bridgehead atoms. The number of oxazole rings is 1. The predicted octanol–water partition coefficient (Wildman–Crippen LogP) is 4.76. The summed E-state index contributed by atoms with van der Waals surface area (Å²) in [5, 5.41) is 3.32. The van der Waals surface area contributed by atoms with E-state index in [1.165, 1.54) is 12.1 Å². The maximum absolute atomic E-state index is 13.1. The summed E-state index contributed by atoms with van der Waals surface area (Å²) in [7, 11) is 5.26. The van der Waals surface area contributed by atoms with Crippen LogP contribution < -0.4 is 14.8 Å².